The van der Waals surface area contributed by atoms with Gasteiger partial charge in [-0.15, -0.1) is 11.3 Å². The fourth-order valence-electron chi connectivity index (χ4n) is 1.41. The molecule has 16 heavy (non-hydrogen) atoms. The van der Waals surface area contributed by atoms with Crippen LogP contribution in [-0.2, 0) is 6.54 Å². The van der Waals surface area contributed by atoms with Gasteiger partial charge in [0, 0.05) is 15.9 Å². The van der Waals surface area contributed by atoms with E-state index in [1.165, 1.54) is 14.7 Å². The van der Waals surface area contributed by atoms with E-state index >= 15 is 0 Å². The zero-order valence-corrected chi connectivity index (χ0v) is 12.1. The molecule has 0 bridgehead atoms. The average Bonchev–Trinajstić information content (AvgIpc) is 2.75. The van der Waals surface area contributed by atoms with E-state index in [0.717, 1.165) is 11.0 Å². The number of hydrogen-bond donors (Lipinski definition) is 1. The van der Waals surface area contributed by atoms with Crippen LogP contribution < -0.4 is 5.32 Å². The number of benzene rings is 1. The second kappa shape index (κ2) is 5.87. The van der Waals surface area contributed by atoms with Crippen LogP contribution in [0.5, 0.6) is 0 Å². The van der Waals surface area contributed by atoms with Crippen LogP contribution >= 0.6 is 39.0 Å². The molecule has 0 fully saturated rings. The van der Waals surface area contributed by atoms with Gasteiger partial charge < -0.3 is 5.32 Å². The molecule has 1 nitrogen and oxygen atoms in total. The van der Waals surface area contributed by atoms with Gasteiger partial charge >= 0.3 is 0 Å². The summed E-state index contributed by atoms with van der Waals surface area (Å²) in [6.45, 7) is 0.896. The van der Waals surface area contributed by atoms with Gasteiger partial charge in [0.15, 0.2) is 0 Å². The Kier molecular flexibility index (Phi) is 4.46. The average molecular weight is 314 g/mol. The van der Waals surface area contributed by atoms with Crippen LogP contribution in [0.1, 0.15) is 5.56 Å². The van der Waals surface area contributed by atoms with E-state index in [-0.39, 0.29) is 0 Å². The Hall–Kier alpha value is -0.290. The molecule has 0 radical (unpaired) electrons. The molecule has 0 aliphatic rings. The minimum atomic E-state index is 0.896. The van der Waals surface area contributed by atoms with Gasteiger partial charge in [-0.3, -0.25) is 0 Å². The van der Waals surface area contributed by atoms with Crippen LogP contribution in [0.3, 0.4) is 0 Å². The lowest BCUT2D eigenvalue weighted by Gasteiger charge is -2.08. The normalized spacial score (nSPS) is 10.6. The Morgan fingerprint density at radius 3 is 2.94 bits per heavy atom. The van der Waals surface area contributed by atoms with E-state index in [1.807, 2.05) is 18.8 Å². The summed E-state index contributed by atoms with van der Waals surface area (Å²) in [5.74, 6) is 0. The summed E-state index contributed by atoms with van der Waals surface area (Å²) in [5.41, 5.74) is 1.33. The van der Waals surface area contributed by atoms with Crippen LogP contribution in [0, 0.1) is 0 Å². The maximum absolute atomic E-state index is 3.51. The first kappa shape index (κ1) is 12.2. The molecule has 84 valence electrons. The topological polar surface area (TPSA) is 12.0 Å². The molecular weight excluding hydrogens is 302 g/mol. The molecule has 0 spiro atoms. The van der Waals surface area contributed by atoms with Crippen LogP contribution in [0.4, 0.5) is 0 Å². The number of halogens is 1. The van der Waals surface area contributed by atoms with Gasteiger partial charge in [-0.05, 0) is 42.3 Å². The van der Waals surface area contributed by atoms with Crippen molar-refractivity contribution in [1.82, 2.24) is 5.32 Å². The van der Waals surface area contributed by atoms with E-state index in [9.17, 15) is 0 Å². The molecule has 2 aromatic rings. The van der Waals surface area contributed by atoms with Crippen LogP contribution in [0.15, 0.2) is 49.3 Å². The molecule has 0 unspecified atom stereocenters. The van der Waals surface area contributed by atoms with E-state index < -0.39 is 0 Å². The number of nitrogens with one attached hydrogen (secondary N) is 1. The van der Waals surface area contributed by atoms with E-state index in [0.29, 0.717) is 0 Å². The summed E-state index contributed by atoms with van der Waals surface area (Å²) in [6.07, 6.45) is 0. The van der Waals surface area contributed by atoms with Crippen molar-refractivity contribution in [3.63, 3.8) is 0 Å². The van der Waals surface area contributed by atoms with Gasteiger partial charge in [0.1, 0.15) is 0 Å². The zero-order chi connectivity index (χ0) is 11.4. The third-order valence-corrected chi connectivity index (χ3v) is 4.74. The Bertz CT molecular complexity index is 454. The molecule has 2 rings (SSSR count). The third kappa shape index (κ3) is 3.10. The van der Waals surface area contributed by atoms with Crippen molar-refractivity contribution in [2.24, 2.45) is 0 Å². The Morgan fingerprint density at radius 2 is 2.25 bits per heavy atom. The number of rotatable bonds is 4. The van der Waals surface area contributed by atoms with Gasteiger partial charge in [0.05, 0.1) is 4.21 Å². The summed E-state index contributed by atoms with van der Waals surface area (Å²) in [4.78, 5) is 1.32. The van der Waals surface area contributed by atoms with Crippen molar-refractivity contribution in [2.45, 2.75) is 15.6 Å². The molecule has 1 N–H and O–H groups in total. The monoisotopic (exact) mass is 313 g/mol. The Morgan fingerprint density at radius 1 is 1.38 bits per heavy atom. The first-order valence-electron chi connectivity index (χ1n) is 4.94. The fourth-order valence-corrected chi connectivity index (χ4v) is 3.65. The van der Waals surface area contributed by atoms with E-state index in [1.54, 1.807) is 11.3 Å². The lowest BCUT2D eigenvalue weighted by atomic mass is 10.2. The molecule has 0 saturated carbocycles. The van der Waals surface area contributed by atoms with Gasteiger partial charge in [0.2, 0.25) is 0 Å². The van der Waals surface area contributed by atoms with Crippen molar-refractivity contribution < 1.29 is 0 Å². The highest BCUT2D eigenvalue weighted by Gasteiger charge is 2.05. The van der Waals surface area contributed by atoms with E-state index in [4.69, 9.17) is 0 Å². The van der Waals surface area contributed by atoms with Crippen LogP contribution in [0.2, 0.25) is 0 Å². The molecule has 0 saturated heterocycles. The maximum Gasteiger partial charge on any atom is 0.0646 e. The Balaban J connectivity index is 2.25. The first-order valence-corrected chi connectivity index (χ1v) is 7.43. The fraction of sp³-hybridized carbons (Fsp3) is 0.167. The molecule has 0 aliphatic carbocycles. The lowest BCUT2D eigenvalue weighted by molar-refractivity contribution is 0.802. The lowest BCUT2D eigenvalue weighted by Crippen LogP contribution is -2.06. The highest BCUT2D eigenvalue weighted by molar-refractivity contribution is 9.10. The van der Waals surface area contributed by atoms with Crippen molar-refractivity contribution in [2.75, 3.05) is 7.05 Å². The molecule has 1 aromatic heterocycles. The summed E-state index contributed by atoms with van der Waals surface area (Å²) < 4.78 is 2.47. The summed E-state index contributed by atoms with van der Waals surface area (Å²) >= 11 is 7.12. The van der Waals surface area contributed by atoms with E-state index in [2.05, 4.69) is 57.0 Å². The van der Waals surface area contributed by atoms with Gasteiger partial charge in [-0.1, -0.05) is 33.8 Å². The molecular formula is C12H12BrNS2. The molecule has 0 aliphatic heterocycles. The maximum atomic E-state index is 3.51. The van der Waals surface area contributed by atoms with Crippen LogP contribution in [0.25, 0.3) is 0 Å². The SMILES string of the molecule is CNCc1cc(Br)ccc1Sc1cccs1. The van der Waals surface area contributed by atoms with Crippen molar-refractivity contribution in [3.05, 3.63) is 45.7 Å². The van der Waals surface area contributed by atoms with Crippen molar-refractivity contribution in [3.8, 4) is 0 Å². The molecule has 1 aromatic carbocycles. The standard InChI is InChI=1S/C12H12BrNS2/c1-14-8-9-7-10(13)4-5-11(9)16-12-3-2-6-15-12/h2-7,14H,8H2,1H3. The first-order chi connectivity index (χ1) is 7.79. The van der Waals surface area contributed by atoms with Gasteiger partial charge in [-0.25, -0.2) is 0 Å². The molecule has 0 amide bonds. The predicted molar refractivity (Wildman–Crippen MR) is 75.3 cm³/mol. The minimum absolute atomic E-state index is 0.896. The number of hydrogen-bond acceptors (Lipinski definition) is 3. The summed E-state index contributed by atoms with van der Waals surface area (Å²) in [6, 6.07) is 10.7. The van der Waals surface area contributed by atoms with Crippen molar-refractivity contribution >= 4 is 39.0 Å². The second-order valence-electron chi connectivity index (χ2n) is 3.32. The van der Waals surface area contributed by atoms with Gasteiger partial charge in [0.25, 0.3) is 0 Å². The highest BCUT2D eigenvalue weighted by atomic mass is 79.9. The molecule has 4 heteroatoms. The third-order valence-electron chi connectivity index (χ3n) is 2.10. The van der Waals surface area contributed by atoms with Crippen molar-refractivity contribution in [1.29, 1.82) is 0 Å². The minimum Gasteiger partial charge on any atom is -0.316 e. The molecule has 0 atom stereocenters. The highest BCUT2D eigenvalue weighted by Crippen LogP contribution is 2.34. The Labute approximate surface area is 112 Å². The largest absolute Gasteiger partial charge is 0.316 e. The van der Waals surface area contributed by atoms with Crippen LogP contribution in [-0.4, -0.2) is 7.05 Å². The smallest absolute Gasteiger partial charge is 0.0646 e. The number of thiophene rings is 1. The summed E-state index contributed by atoms with van der Waals surface area (Å²) in [5, 5.41) is 5.31. The zero-order valence-electron chi connectivity index (χ0n) is 8.87. The van der Waals surface area contributed by atoms with Gasteiger partial charge in [-0.2, -0.15) is 0 Å². The second-order valence-corrected chi connectivity index (χ2v) is 6.52. The quantitative estimate of drug-likeness (QED) is 0.899. The summed E-state index contributed by atoms with van der Waals surface area (Å²) in [7, 11) is 1.97. The predicted octanol–water partition coefficient (Wildman–Crippen LogP) is 4.38. The molecule has 1 heterocycles.